The molecule has 2 rings (SSSR count). The molecule has 0 saturated carbocycles. The summed E-state index contributed by atoms with van der Waals surface area (Å²) in [7, 11) is 0. The molecule has 0 aliphatic heterocycles. The highest BCUT2D eigenvalue weighted by atomic mass is 16.6. The Hall–Kier alpha value is -3.09. The van der Waals surface area contributed by atoms with Crippen molar-refractivity contribution in [1.82, 2.24) is 10.3 Å². The van der Waals surface area contributed by atoms with E-state index in [0.717, 1.165) is 11.6 Å². The minimum atomic E-state index is -0.708. The van der Waals surface area contributed by atoms with Crippen LogP contribution in [-0.4, -0.2) is 21.7 Å². The summed E-state index contributed by atoms with van der Waals surface area (Å²) >= 11 is 0. The Labute approximate surface area is 126 Å². The van der Waals surface area contributed by atoms with E-state index in [9.17, 15) is 19.7 Å². The molecular weight excluding hydrogens is 286 g/mol. The molecule has 7 heteroatoms. The van der Waals surface area contributed by atoms with Gasteiger partial charge in [-0.05, 0) is 35.0 Å². The highest BCUT2D eigenvalue weighted by Gasteiger charge is 2.18. The predicted molar refractivity (Wildman–Crippen MR) is 78.6 cm³/mol. The van der Waals surface area contributed by atoms with Crippen molar-refractivity contribution in [2.24, 2.45) is 0 Å². The molecule has 0 atom stereocenters. The number of rotatable bonds is 3. The van der Waals surface area contributed by atoms with E-state index >= 15 is 0 Å². The van der Waals surface area contributed by atoms with Crippen LogP contribution < -0.4 is 5.32 Å². The largest absolute Gasteiger partial charge is 0.364 e. The van der Waals surface area contributed by atoms with E-state index in [2.05, 4.69) is 10.3 Å². The fraction of sp³-hybridized carbons (Fsp3) is 0.133. The summed E-state index contributed by atoms with van der Waals surface area (Å²) < 4.78 is 0. The predicted octanol–water partition coefficient (Wildman–Crippen LogP) is 2.18. The third-order valence-corrected chi connectivity index (χ3v) is 2.90. The van der Waals surface area contributed by atoms with Crippen LogP contribution in [0.5, 0.6) is 0 Å². The standard InChI is InChI=1S/C15H13N3O4/c1-9-4-3-5-11(6-9)14(19)17-15(20)12-7-10(2)16-13(8-12)18(21)22/h3-8H,1-2H3,(H,17,19,20). The van der Waals surface area contributed by atoms with Crippen LogP contribution in [0.4, 0.5) is 5.82 Å². The second-order valence-corrected chi connectivity index (χ2v) is 4.77. The Morgan fingerprint density at radius 2 is 1.77 bits per heavy atom. The molecule has 7 nitrogen and oxygen atoms in total. The van der Waals surface area contributed by atoms with Crippen LogP contribution in [0.1, 0.15) is 32.0 Å². The van der Waals surface area contributed by atoms with Crippen LogP contribution in [0.3, 0.4) is 0 Å². The van der Waals surface area contributed by atoms with Gasteiger partial charge in [-0.15, -0.1) is 0 Å². The lowest BCUT2D eigenvalue weighted by Crippen LogP contribution is -2.30. The number of aryl methyl sites for hydroxylation is 2. The van der Waals surface area contributed by atoms with E-state index < -0.39 is 22.6 Å². The van der Waals surface area contributed by atoms with Gasteiger partial charge in [0.2, 0.25) is 0 Å². The van der Waals surface area contributed by atoms with Crippen molar-refractivity contribution >= 4 is 17.6 Å². The molecule has 1 aromatic heterocycles. The third-order valence-electron chi connectivity index (χ3n) is 2.90. The molecule has 0 spiro atoms. The first-order valence-corrected chi connectivity index (χ1v) is 6.42. The Morgan fingerprint density at radius 3 is 2.41 bits per heavy atom. The summed E-state index contributed by atoms with van der Waals surface area (Å²) in [4.78, 5) is 37.8. The number of nitrogens with one attached hydrogen (secondary N) is 1. The summed E-state index contributed by atoms with van der Waals surface area (Å²) in [5, 5.41) is 13.0. The maximum Gasteiger partial charge on any atom is 0.364 e. The van der Waals surface area contributed by atoms with Gasteiger partial charge in [0.1, 0.15) is 0 Å². The average Bonchev–Trinajstić information content (AvgIpc) is 2.46. The summed E-state index contributed by atoms with van der Waals surface area (Å²) in [6.07, 6.45) is 0. The quantitative estimate of drug-likeness (QED) is 0.531. The van der Waals surface area contributed by atoms with Gasteiger partial charge in [0.25, 0.3) is 11.8 Å². The molecule has 112 valence electrons. The molecular formula is C15H13N3O4. The molecule has 1 aromatic carbocycles. The minimum Gasteiger partial charge on any atom is -0.358 e. The molecule has 0 radical (unpaired) electrons. The summed E-state index contributed by atoms with van der Waals surface area (Å²) in [6.45, 7) is 3.36. The maximum absolute atomic E-state index is 12.1. The van der Waals surface area contributed by atoms with Gasteiger partial charge in [-0.2, -0.15) is 0 Å². The Bertz CT molecular complexity index is 771. The van der Waals surface area contributed by atoms with Crippen LogP contribution in [0, 0.1) is 24.0 Å². The van der Waals surface area contributed by atoms with Crippen molar-refractivity contribution in [3.05, 3.63) is 68.9 Å². The van der Waals surface area contributed by atoms with Crippen LogP contribution in [0.25, 0.3) is 0 Å². The van der Waals surface area contributed by atoms with Gasteiger partial charge in [0.15, 0.2) is 5.69 Å². The highest BCUT2D eigenvalue weighted by molar-refractivity contribution is 6.10. The molecule has 0 aliphatic carbocycles. The lowest BCUT2D eigenvalue weighted by atomic mass is 10.1. The summed E-state index contributed by atoms with van der Waals surface area (Å²) in [6, 6.07) is 9.17. The summed E-state index contributed by atoms with van der Waals surface area (Å²) in [5.74, 6) is -1.71. The van der Waals surface area contributed by atoms with Gasteiger partial charge in [-0.3, -0.25) is 14.9 Å². The number of hydrogen-bond donors (Lipinski definition) is 1. The highest BCUT2D eigenvalue weighted by Crippen LogP contribution is 2.12. The van der Waals surface area contributed by atoms with Gasteiger partial charge in [-0.1, -0.05) is 17.7 Å². The van der Waals surface area contributed by atoms with Crippen molar-refractivity contribution in [2.45, 2.75) is 13.8 Å². The molecule has 1 N–H and O–H groups in total. The van der Waals surface area contributed by atoms with Gasteiger partial charge < -0.3 is 10.1 Å². The number of imide groups is 1. The number of hydrogen-bond acceptors (Lipinski definition) is 5. The van der Waals surface area contributed by atoms with Crippen LogP contribution >= 0.6 is 0 Å². The smallest absolute Gasteiger partial charge is 0.358 e. The van der Waals surface area contributed by atoms with Crippen LogP contribution in [-0.2, 0) is 0 Å². The average molecular weight is 299 g/mol. The van der Waals surface area contributed by atoms with Crippen LogP contribution in [0.15, 0.2) is 36.4 Å². The van der Waals surface area contributed by atoms with E-state index in [1.165, 1.54) is 13.0 Å². The number of carbonyl (C=O) groups excluding carboxylic acids is 2. The van der Waals surface area contributed by atoms with Gasteiger partial charge in [0.05, 0.1) is 5.56 Å². The number of nitro groups is 1. The molecule has 0 bridgehead atoms. The zero-order valence-corrected chi connectivity index (χ0v) is 12.0. The van der Waals surface area contributed by atoms with E-state index in [1.807, 2.05) is 13.0 Å². The van der Waals surface area contributed by atoms with Crippen molar-refractivity contribution in [3.63, 3.8) is 0 Å². The first kappa shape index (κ1) is 15.3. The summed E-state index contributed by atoms with van der Waals surface area (Å²) in [5.41, 5.74) is 1.56. The first-order chi connectivity index (χ1) is 10.4. The Morgan fingerprint density at radius 1 is 1.09 bits per heavy atom. The molecule has 0 aliphatic rings. The van der Waals surface area contributed by atoms with E-state index in [-0.39, 0.29) is 5.56 Å². The first-order valence-electron chi connectivity index (χ1n) is 6.42. The number of aromatic nitrogens is 1. The van der Waals surface area contributed by atoms with Crippen LogP contribution in [0.2, 0.25) is 0 Å². The van der Waals surface area contributed by atoms with Crippen molar-refractivity contribution in [3.8, 4) is 0 Å². The third kappa shape index (κ3) is 3.51. The topological polar surface area (TPSA) is 102 Å². The minimum absolute atomic E-state index is 0.0141. The van der Waals surface area contributed by atoms with E-state index in [4.69, 9.17) is 0 Å². The van der Waals surface area contributed by atoms with Gasteiger partial charge in [0, 0.05) is 18.6 Å². The molecule has 22 heavy (non-hydrogen) atoms. The monoisotopic (exact) mass is 299 g/mol. The molecule has 0 saturated heterocycles. The second-order valence-electron chi connectivity index (χ2n) is 4.77. The van der Waals surface area contributed by atoms with Crippen molar-refractivity contribution in [1.29, 1.82) is 0 Å². The molecule has 0 unspecified atom stereocenters. The van der Waals surface area contributed by atoms with E-state index in [0.29, 0.717) is 11.3 Å². The second kappa shape index (κ2) is 6.13. The fourth-order valence-corrected chi connectivity index (χ4v) is 1.91. The van der Waals surface area contributed by atoms with Gasteiger partial charge >= 0.3 is 5.82 Å². The molecule has 2 aromatic rings. The van der Waals surface area contributed by atoms with Gasteiger partial charge in [-0.25, -0.2) is 0 Å². The zero-order valence-electron chi connectivity index (χ0n) is 12.0. The maximum atomic E-state index is 12.1. The number of amides is 2. The molecule has 0 fully saturated rings. The Balaban J connectivity index is 2.22. The molecule has 2 amide bonds. The van der Waals surface area contributed by atoms with Crippen molar-refractivity contribution in [2.75, 3.05) is 0 Å². The van der Waals surface area contributed by atoms with Crippen molar-refractivity contribution < 1.29 is 14.5 Å². The number of carbonyl (C=O) groups is 2. The number of benzene rings is 1. The molecule has 1 heterocycles. The van der Waals surface area contributed by atoms with E-state index in [1.54, 1.807) is 18.2 Å². The normalized spacial score (nSPS) is 10.1. The number of pyridine rings is 1. The lowest BCUT2D eigenvalue weighted by molar-refractivity contribution is -0.389. The lowest BCUT2D eigenvalue weighted by Gasteiger charge is -2.05. The number of nitrogens with zero attached hydrogens (tertiary/aromatic N) is 2. The zero-order chi connectivity index (χ0) is 16.3. The fourth-order valence-electron chi connectivity index (χ4n) is 1.91. The SMILES string of the molecule is Cc1cccc(C(=O)NC(=O)c2cc(C)nc([N+](=O)[O-])c2)c1. The Kier molecular flexibility index (Phi) is 4.26.